The zero-order valence-electron chi connectivity index (χ0n) is 14.5. The van der Waals surface area contributed by atoms with E-state index < -0.39 is 0 Å². The minimum absolute atomic E-state index is 0.120. The van der Waals surface area contributed by atoms with E-state index in [1.807, 2.05) is 30.3 Å². The summed E-state index contributed by atoms with van der Waals surface area (Å²) in [4.78, 5) is 12.4. The van der Waals surface area contributed by atoms with Crippen molar-refractivity contribution in [3.8, 4) is 0 Å². The molecule has 0 radical (unpaired) electrons. The average Bonchev–Trinajstić information content (AvgIpc) is 3.06. The molecule has 0 unspecified atom stereocenters. The molecule has 1 aromatic heterocycles. The third-order valence-electron chi connectivity index (χ3n) is 4.74. The van der Waals surface area contributed by atoms with Gasteiger partial charge in [-0.15, -0.1) is 0 Å². The molecule has 0 aliphatic heterocycles. The van der Waals surface area contributed by atoms with Crippen LogP contribution in [0.1, 0.15) is 50.1 Å². The van der Waals surface area contributed by atoms with Crippen LogP contribution < -0.4 is 5.32 Å². The molecular weight excluding hydrogens is 298 g/mol. The predicted molar refractivity (Wildman–Crippen MR) is 99.4 cm³/mol. The van der Waals surface area contributed by atoms with Crippen LogP contribution in [0.3, 0.4) is 0 Å². The fraction of sp³-hybridized carbons (Fsp3) is 0.381. The van der Waals surface area contributed by atoms with E-state index in [9.17, 15) is 4.79 Å². The Hall–Kier alpha value is -2.29. The maximum atomic E-state index is 12.4. The number of unbranched alkanes of at least 4 members (excludes halogenated alkanes) is 1. The quantitative estimate of drug-likeness (QED) is 0.621. The molecular formula is C21H25NO2. The van der Waals surface area contributed by atoms with Crippen LogP contribution in [0.15, 0.2) is 46.9 Å². The topological polar surface area (TPSA) is 42.2 Å². The third kappa shape index (κ3) is 3.45. The molecule has 1 amide bonds. The summed E-state index contributed by atoms with van der Waals surface area (Å²) in [5.74, 6) is 0.816. The molecule has 3 nitrogen and oxygen atoms in total. The van der Waals surface area contributed by atoms with Gasteiger partial charge in [-0.25, -0.2) is 0 Å². The van der Waals surface area contributed by atoms with E-state index in [1.54, 1.807) is 0 Å². The Bertz CT molecular complexity index is 834. The van der Waals surface area contributed by atoms with Crippen LogP contribution in [-0.2, 0) is 0 Å². The smallest absolute Gasteiger partial charge is 0.287 e. The van der Waals surface area contributed by atoms with Gasteiger partial charge in [0.15, 0.2) is 5.76 Å². The van der Waals surface area contributed by atoms with Gasteiger partial charge in [0.1, 0.15) is 5.58 Å². The number of rotatable bonds is 7. The second-order valence-electron chi connectivity index (χ2n) is 6.44. The normalized spacial score (nSPS) is 12.6. The highest BCUT2D eigenvalue weighted by atomic mass is 16.3. The monoisotopic (exact) mass is 323 g/mol. The highest BCUT2D eigenvalue weighted by Crippen LogP contribution is 2.28. The van der Waals surface area contributed by atoms with Gasteiger partial charge in [0, 0.05) is 11.9 Å². The molecule has 3 heteroatoms. The number of hydrogen-bond donors (Lipinski definition) is 1. The van der Waals surface area contributed by atoms with E-state index in [-0.39, 0.29) is 5.91 Å². The van der Waals surface area contributed by atoms with Gasteiger partial charge in [0.05, 0.1) is 0 Å². The zero-order valence-corrected chi connectivity index (χ0v) is 14.5. The average molecular weight is 323 g/mol. The fourth-order valence-corrected chi connectivity index (χ4v) is 3.17. The van der Waals surface area contributed by atoms with Crippen LogP contribution >= 0.6 is 0 Å². The summed E-state index contributed by atoms with van der Waals surface area (Å²) in [6, 6.07) is 14.0. The summed E-state index contributed by atoms with van der Waals surface area (Å²) < 4.78 is 5.77. The number of carbonyl (C=O) groups excluding carboxylic acids is 1. The molecule has 0 spiro atoms. The summed E-state index contributed by atoms with van der Waals surface area (Å²) in [7, 11) is 0. The summed E-state index contributed by atoms with van der Waals surface area (Å²) in [5.41, 5.74) is 0.761. The first-order chi connectivity index (χ1) is 11.7. The number of hydrogen-bond acceptors (Lipinski definition) is 2. The largest absolute Gasteiger partial charge is 0.451 e. The molecule has 1 N–H and O–H groups in total. The summed E-state index contributed by atoms with van der Waals surface area (Å²) >= 11 is 0. The molecule has 1 heterocycles. The first-order valence-corrected chi connectivity index (χ1v) is 8.92. The van der Waals surface area contributed by atoms with Gasteiger partial charge in [-0.3, -0.25) is 4.79 Å². The lowest BCUT2D eigenvalue weighted by molar-refractivity contribution is 0.0920. The Morgan fingerprint density at radius 1 is 1.12 bits per heavy atom. The molecule has 126 valence electrons. The summed E-state index contributed by atoms with van der Waals surface area (Å²) in [6.45, 7) is 5.09. The first kappa shape index (κ1) is 16.6. The van der Waals surface area contributed by atoms with E-state index in [2.05, 4.69) is 31.3 Å². The van der Waals surface area contributed by atoms with Gasteiger partial charge in [-0.2, -0.15) is 0 Å². The van der Waals surface area contributed by atoms with Gasteiger partial charge in [0.25, 0.3) is 5.91 Å². The lowest BCUT2D eigenvalue weighted by atomic mass is 9.99. The van der Waals surface area contributed by atoms with Crippen molar-refractivity contribution in [2.24, 2.45) is 5.92 Å². The fourth-order valence-electron chi connectivity index (χ4n) is 3.17. The number of nitrogens with one attached hydrogen (secondary N) is 1. The molecule has 0 bridgehead atoms. The standard InChI is InChI=1S/C21H25NO2/c1-3-5-8-15(4-2)14-22-21(23)20-13-18-17-10-7-6-9-16(17)11-12-19(18)24-20/h6-7,9-13,15H,3-5,8,14H2,1-2H3,(H,22,23)/t15-/m1/s1. The Morgan fingerprint density at radius 3 is 2.75 bits per heavy atom. The predicted octanol–water partition coefficient (Wildman–Crippen LogP) is 5.53. The van der Waals surface area contributed by atoms with E-state index in [0.29, 0.717) is 18.2 Å². The van der Waals surface area contributed by atoms with Crippen molar-refractivity contribution in [1.29, 1.82) is 0 Å². The molecule has 0 fully saturated rings. The van der Waals surface area contributed by atoms with E-state index in [4.69, 9.17) is 4.42 Å². The van der Waals surface area contributed by atoms with Crippen LogP contribution in [0.25, 0.3) is 21.7 Å². The molecule has 0 saturated carbocycles. The highest BCUT2D eigenvalue weighted by Gasteiger charge is 2.15. The van der Waals surface area contributed by atoms with Gasteiger partial charge < -0.3 is 9.73 Å². The number of fused-ring (bicyclic) bond motifs is 3. The van der Waals surface area contributed by atoms with Crippen LogP contribution in [0.4, 0.5) is 0 Å². The minimum Gasteiger partial charge on any atom is -0.451 e. The maximum Gasteiger partial charge on any atom is 0.287 e. The third-order valence-corrected chi connectivity index (χ3v) is 4.74. The lowest BCUT2D eigenvalue weighted by Crippen LogP contribution is -2.28. The summed E-state index contributed by atoms with van der Waals surface area (Å²) in [6.07, 6.45) is 4.66. The second-order valence-corrected chi connectivity index (χ2v) is 6.44. The molecule has 1 atom stereocenters. The van der Waals surface area contributed by atoms with Crippen molar-refractivity contribution < 1.29 is 9.21 Å². The van der Waals surface area contributed by atoms with Gasteiger partial charge in [-0.1, -0.05) is 63.4 Å². The molecule has 2 aromatic carbocycles. The number of furan rings is 1. The summed E-state index contributed by atoms with van der Waals surface area (Å²) in [5, 5.41) is 6.31. The lowest BCUT2D eigenvalue weighted by Gasteiger charge is -2.14. The van der Waals surface area contributed by atoms with Gasteiger partial charge in [0.2, 0.25) is 0 Å². The molecule has 0 aliphatic carbocycles. The molecule has 0 aliphatic rings. The maximum absolute atomic E-state index is 12.4. The Labute approximate surface area is 143 Å². The van der Waals surface area contributed by atoms with Crippen molar-refractivity contribution in [1.82, 2.24) is 5.32 Å². The van der Waals surface area contributed by atoms with Gasteiger partial charge >= 0.3 is 0 Å². The Morgan fingerprint density at radius 2 is 1.96 bits per heavy atom. The molecule has 0 saturated heterocycles. The van der Waals surface area contributed by atoms with Crippen molar-refractivity contribution in [2.45, 2.75) is 39.5 Å². The minimum atomic E-state index is -0.120. The van der Waals surface area contributed by atoms with E-state index >= 15 is 0 Å². The van der Waals surface area contributed by atoms with Crippen molar-refractivity contribution in [2.75, 3.05) is 6.54 Å². The van der Waals surface area contributed by atoms with Crippen LogP contribution in [0, 0.1) is 5.92 Å². The van der Waals surface area contributed by atoms with E-state index in [1.165, 1.54) is 12.8 Å². The number of amides is 1. The van der Waals surface area contributed by atoms with Crippen molar-refractivity contribution >= 4 is 27.6 Å². The number of carbonyl (C=O) groups is 1. The van der Waals surface area contributed by atoms with Crippen LogP contribution in [-0.4, -0.2) is 12.5 Å². The van der Waals surface area contributed by atoms with Crippen LogP contribution in [0.2, 0.25) is 0 Å². The Kier molecular flexibility index (Phi) is 5.19. The highest BCUT2D eigenvalue weighted by molar-refractivity contribution is 6.08. The molecule has 3 rings (SSSR count). The first-order valence-electron chi connectivity index (χ1n) is 8.92. The van der Waals surface area contributed by atoms with E-state index in [0.717, 1.165) is 34.6 Å². The Balaban J connectivity index is 1.76. The zero-order chi connectivity index (χ0) is 16.9. The van der Waals surface area contributed by atoms with Crippen molar-refractivity contribution in [3.63, 3.8) is 0 Å². The van der Waals surface area contributed by atoms with Crippen molar-refractivity contribution in [3.05, 3.63) is 48.2 Å². The van der Waals surface area contributed by atoms with Crippen LogP contribution in [0.5, 0.6) is 0 Å². The molecule has 3 aromatic rings. The second kappa shape index (κ2) is 7.52. The van der Waals surface area contributed by atoms with Gasteiger partial charge in [-0.05, 0) is 35.2 Å². The SMILES string of the molecule is CCCC[C@@H](CC)CNC(=O)c1cc2c(ccc3ccccc32)o1. The number of benzene rings is 2. The molecule has 24 heavy (non-hydrogen) atoms.